The van der Waals surface area contributed by atoms with Crippen LogP contribution in [0.3, 0.4) is 0 Å². The highest BCUT2D eigenvalue weighted by Gasteiger charge is 2.27. The lowest BCUT2D eigenvalue weighted by molar-refractivity contribution is 0.0914. The van der Waals surface area contributed by atoms with Gasteiger partial charge in [-0.05, 0) is 31.4 Å². The van der Waals surface area contributed by atoms with Crippen LogP contribution in [0.15, 0.2) is 29.3 Å². The van der Waals surface area contributed by atoms with Crippen LogP contribution in [0.1, 0.15) is 30.9 Å². The minimum Gasteiger partial charge on any atom is -0.450 e. The monoisotopic (exact) mass is 344 g/mol. The Bertz CT molecular complexity index is 624. The first-order chi connectivity index (χ1) is 12.2. The number of benzene rings is 1. The minimum atomic E-state index is -0.213. The van der Waals surface area contributed by atoms with Gasteiger partial charge in [-0.25, -0.2) is 4.79 Å². The molecule has 2 aliphatic rings. The zero-order valence-electron chi connectivity index (χ0n) is 15.2. The van der Waals surface area contributed by atoms with Gasteiger partial charge in [0.15, 0.2) is 5.96 Å². The highest BCUT2D eigenvalue weighted by Crippen LogP contribution is 2.34. The zero-order chi connectivity index (χ0) is 17.6. The Kier molecular flexibility index (Phi) is 5.79. The van der Waals surface area contributed by atoms with Gasteiger partial charge < -0.3 is 19.9 Å². The first-order valence-corrected chi connectivity index (χ1v) is 9.25. The highest BCUT2D eigenvalue weighted by molar-refractivity contribution is 5.80. The van der Waals surface area contributed by atoms with E-state index in [4.69, 9.17) is 9.73 Å². The second-order valence-corrected chi connectivity index (χ2v) is 6.47. The van der Waals surface area contributed by atoms with Gasteiger partial charge in [-0.3, -0.25) is 4.99 Å². The standard InChI is InChI=1S/C19H28N4O2/c1-3-20-18(21-14-16-13-15-7-5-6-8-17(15)16)22-9-11-23(12-10-22)19(24)25-4-2/h5-8,16H,3-4,9-14H2,1-2H3,(H,20,21). The van der Waals surface area contributed by atoms with Gasteiger partial charge in [0.05, 0.1) is 6.61 Å². The summed E-state index contributed by atoms with van der Waals surface area (Å²) >= 11 is 0. The summed E-state index contributed by atoms with van der Waals surface area (Å²) in [6.45, 7) is 8.93. The molecular weight excluding hydrogens is 316 g/mol. The van der Waals surface area contributed by atoms with Crippen LogP contribution in [0.25, 0.3) is 0 Å². The number of hydrogen-bond donors (Lipinski definition) is 1. The van der Waals surface area contributed by atoms with Gasteiger partial charge in [-0.2, -0.15) is 0 Å². The van der Waals surface area contributed by atoms with Crippen LogP contribution in [-0.2, 0) is 11.2 Å². The largest absolute Gasteiger partial charge is 0.450 e. The third-order valence-electron chi connectivity index (χ3n) is 4.86. The smallest absolute Gasteiger partial charge is 0.409 e. The SMILES string of the molecule is CCNC(=NCC1Cc2ccccc21)N1CCN(C(=O)OCC)CC1. The topological polar surface area (TPSA) is 57.2 Å². The third-order valence-corrected chi connectivity index (χ3v) is 4.86. The predicted molar refractivity (Wildman–Crippen MR) is 99.0 cm³/mol. The molecule has 136 valence electrons. The summed E-state index contributed by atoms with van der Waals surface area (Å²) in [4.78, 5) is 20.7. The van der Waals surface area contributed by atoms with Crippen molar-refractivity contribution in [1.82, 2.24) is 15.1 Å². The fourth-order valence-corrected chi connectivity index (χ4v) is 3.46. The Morgan fingerprint density at radius 1 is 1.20 bits per heavy atom. The molecule has 0 bridgehead atoms. The molecule has 1 heterocycles. The van der Waals surface area contributed by atoms with Gasteiger partial charge in [0, 0.05) is 45.2 Å². The van der Waals surface area contributed by atoms with Crippen LogP contribution in [0.4, 0.5) is 4.79 Å². The van der Waals surface area contributed by atoms with Crippen LogP contribution >= 0.6 is 0 Å². The summed E-state index contributed by atoms with van der Waals surface area (Å²) in [5.74, 6) is 1.49. The number of aliphatic imine (C=N–C) groups is 1. The molecule has 3 rings (SSSR count). The van der Waals surface area contributed by atoms with E-state index in [1.54, 1.807) is 4.90 Å². The van der Waals surface area contributed by atoms with Gasteiger partial charge in [0.25, 0.3) is 0 Å². The first kappa shape index (κ1) is 17.6. The van der Waals surface area contributed by atoms with Crippen molar-refractivity contribution in [3.63, 3.8) is 0 Å². The molecule has 25 heavy (non-hydrogen) atoms. The number of fused-ring (bicyclic) bond motifs is 1. The van der Waals surface area contributed by atoms with E-state index in [1.165, 1.54) is 11.1 Å². The molecule has 0 spiro atoms. The van der Waals surface area contributed by atoms with Crippen LogP contribution < -0.4 is 5.32 Å². The van der Waals surface area contributed by atoms with Crippen molar-refractivity contribution in [3.8, 4) is 0 Å². The van der Waals surface area contributed by atoms with Crippen molar-refractivity contribution in [2.45, 2.75) is 26.2 Å². The molecule has 1 aromatic rings. The van der Waals surface area contributed by atoms with Crippen LogP contribution in [0, 0.1) is 0 Å². The number of guanidine groups is 1. The molecule has 1 aliphatic heterocycles. The van der Waals surface area contributed by atoms with E-state index >= 15 is 0 Å². The first-order valence-electron chi connectivity index (χ1n) is 9.25. The molecule has 0 saturated carbocycles. The summed E-state index contributed by atoms with van der Waals surface area (Å²) in [6, 6.07) is 8.62. The van der Waals surface area contributed by atoms with Gasteiger partial charge in [-0.1, -0.05) is 24.3 Å². The second kappa shape index (κ2) is 8.23. The molecule has 0 radical (unpaired) electrons. The molecule has 6 nitrogen and oxygen atoms in total. The zero-order valence-corrected chi connectivity index (χ0v) is 15.2. The Labute approximate surface area is 149 Å². The van der Waals surface area contributed by atoms with Crippen molar-refractivity contribution in [3.05, 3.63) is 35.4 Å². The quantitative estimate of drug-likeness (QED) is 0.671. The summed E-state index contributed by atoms with van der Waals surface area (Å²) in [7, 11) is 0. The lowest BCUT2D eigenvalue weighted by atomic mass is 9.78. The van der Waals surface area contributed by atoms with Crippen LogP contribution in [-0.4, -0.2) is 67.7 Å². The van der Waals surface area contributed by atoms with Gasteiger partial charge in [-0.15, -0.1) is 0 Å². The van der Waals surface area contributed by atoms with Crippen molar-refractivity contribution >= 4 is 12.1 Å². The molecule has 1 amide bonds. The number of rotatable bonds is 4. The van der Waals surface area contributed by atoms with Crippen LogP contribution in [0.5, 0.6) is 0 Å². The lowest BCUT2D eigenvalue weighted by Gasteiger charge is -2.36. The number of amides is 1. The van der Waals surface area contributed by atoms with Crippen molar-refractivity contribution in [1.29, 1.82) is 0 Å². The average Bonchev–Trinajstić information content (AvgIpc) is 2.62. The van der Waals surface area contributed by atoms with E-state index in [1.807, 2.05) is 6.92 Å². The fraction of sp³-hybridized carbons (Fsp3) is 0.579. The molecule has 1 unspecified atom stereocenters. The van der Waals surface area contributed by atoms with Gasteiger partial charge in [0.2, 0.25) is 0 Å². The summed E-state index contributed by atoms with van der Waals surface area (Å²) < 4.78 is 5.08. The molecule has 1 atom stereocenters. The predicted octanol–water partition coefficient (Wildman–Crippen LogP) is 2.07. The van der Waals surface area contributed by atoms with E-state index in [2.05, 4.69) is 41.4 Å². The third kappa shape index (κ3) is 4.06. The number of hydrogen-bond acceptors (Lipinski definition) is 3. The summed E-state index contributed by atoms with van der Waals surface area (Å²) in [6.07, 6.45) is 0.908. The average molecular weight is 344 g/mol. The van der Waals surface area contributed by atoms with Gasteiger partial charge in [0.1, 0.15) is 0 Å². The summed E-state index contributed by atoms with van der Waals surface area (Å²) in [5.41, 5.74) is 2.89. The Balaban J connectivity index is 1.56. The summed E-state index contributed by atoms with van der Waals surface area (Å²) in [5, 5.41) is 3.39. The maximum absolute atomic E-state index is 11.8. The number of nitrogens with zero attached hydrogens (tertiary/aromatic N) is 3. The number of carbonyl (C=O) groups is 1. The maximum Gasteiger partial charge on any atom is 0.409 e. The van der Waals surface area contributed by atoms with Crippen molar-refractivity contribution < 1.29 is 9.53 Å². The van der Waals surface area contributed by atoms with Crippen molar-refractivity contribution in [2.75, 3.05) is 45.9 Å². The van der Waals surface area contributed by atoms with E-state index in [9.17, 15) is 4.79 Å². The van der Waals surface area contributed by atoms with E-state index in [0.717, 1.165) is 38.6 Å². The molecule has 1 saturated heterocycles. The maximum atomic E-state index is 11.8. The number of ether oxygens (including phenoxy) is 1. The fourth-order valence-electron chi connectivity index (χ4n) is 3.46. The lowest BCUT2D eigenvalue weighted by Crippen LogP contribution is -2.54. The van der Waals surface area contributed by atoms with Gasteiger partial charge >= 0.3 is 6.09 Å². The molecule has 1 N–H and O–H groups in total. The molecular formula is C19H28N4O2. The van der Waals surface area contributed by atoms with E-state index in [0.29, 0.717) is 25.6 Å². The molecule has 6 heteroatoms. The molecule has 0 aromatic heterocycles. The Morgan fingerprint density at radius 3 is 2.60 bits per heavy atom. The number of piperazine rings is 1. The number of carbonyl (C=O) groups excluding carboxylic acids is 1. The Hall–Kier alpha value is -2.24. The van der Waals surface area contributed by atoms with E-state index in [-0.39, 0.29) is 6.09 Å². The molecule has 1 aromatic carbocycles. The van der Waals surface area contributed by atoms with Crippen molar-refractivity contribution in [2.24, 2.45) is 4.99 Å². The number of nitrogens with one attached hydrogen (secondary N) is 1. The molecule has 1 aliphatic carbocycles. The van der Waals surface area contributed by atoms with E-state index < -0.39 is 0 Å². The van der Waals surface area contributed by atoms with Crippen LogP contribution in [0.2, 0.25) is 0 Å². The minimum absolute atomic E-state index is 0.213. The Morgan fingerprint density at radius 2 is 1.92 bits per heavy atom. The highest BCUT2D eigenvalue weighted by atomic mass is 16.6. The second-order valence-electron chi connectivity index (χ2n) is 6.47. The molecule has 1 fully saturated rings. The normalized spacial score (nSPS) is 19.9.